The summed E-state index contributed by atoms with van der Waals surface area (Å²) in [6, 6.07) is 20.2. The zero-order valence-electron chi connectivity index (χ0n) is 13.4. The molecule has 0 spiro atoms. The highest BCUT2D eigenvalue weighted by atomic mass is 16.1. The molecule has 0 aromatic heterocycles. The lowest BCUT2D eigenvalue weighted by atomic mass is 10.1. The molecule has 0 unspecified atom stereocenters. The monoisotopic (exact) mass is 304 g/mol. The third-order valence-corrected chi connectivity index (χ3v) is 3.89. The lowest BCUT2D eigenvalue weighted by Gasteiger charge is -2.12. The van der Waals surface area contributed by atoms with Gasteiger partial charge in [-0.2, -0.15) is 0 Å². The lowest BCUT2D eigenvalue weighted by Crippen LogP contribution is -2.22. The SMILES string of the molecule is Cc1ccc(NC(=O)CNc2cccc3ccccc23)c(C)c1. The molecule has 3 nitrogen and oxygen atoms in total. The second-order valence-electron chi connectivity index (χ2n) is 5.75. The Morgan fingerprint density at radius 2 is 1.70 bits per heavy atom. The van der Waals surface area contributed by atoms with Crippen LogP contribution in [0, 0.1) is 13.8 Å². The highest BCUT2D eigenvalue weighted by Crippen LogP contribution is 2.22. The van der Waals surface area contributed by atoms with Crippen LogP contribution < -0.4 is 10.6 Å². The number of carbonyl (C=O) groups is 1. The molecule has 0 heterocycles. The number of carbonyl (C=O) groups excluding carboxylic acids is 1. The Morgan fingerprint density at radius 1 is 0.913 bits per heavy atom. The molecule has 0 aliphatic heterocycles. The molecule has 116 valence electrons. The molecule has 0 aliphatic rings. The maximum absolute atomic E-state index is 12.2. The highest BCUT2D eigenvalue weighted by molar-refractivity contribution is 5.98. The Balaban J connectivity index is 1.69. The van der Waals surface area contributed by atoms with Crippen molar-refractivity contribution in [3.05, 3.63) is 71.8 Å². The van der Waals surface area contributed by atoms with Crippen LogP contribution in [0.3, 0.4) is 0 Å². The van der Waals surface area contributed by atoms with E-state index in [0.717, 1.165) is 27.7 Å². The predicted octanol–water partition coefficient (Wildman–Crippen LogP) is 4.51. The lowest BCUT2D eigenvalue weighted by molar-refractivity contribution is -0.114. The summed E-state index contributed by atoms with van der Waals surface area (Å²) in [5.74, 6) is -0.0510. The van der Waals surface area contributed by atoms with Crippen molar-refractivity contribution >= 4 is 28.1 Å². The fourth-order valence-electron chi connectivity index (χ4n) is 2.70. The number of benzene rings is 3. The minimum Gasteiger partial charge on any atom is -0.376 e. The van der Waals surface area contributed by atoms with Crippen molar-refractivity contribution in [3.63, 3.8) is 0 Å². The van der Waals surface area contributed by atoms with Crippen LogP contribution in [0.25, 0.3) is 10.8 Å². The van der Waals surface area contributed by atoms with Crippen LogP contribution in [0.15, 0.2) is 60.7 Å². The summed E-state index contributed by atoms with van der Waals surface area (Å²) in [5.41, 5.74) is 4.09. The van der Waals surface area contributed by atoms with Crippen molar-refractivity contribution in [3.8, 4) is 0 Å². The van der Waals surface area contributed by atoms with Crippen molar-refractivity contribution in [2.75, 3.05) is 17.2 Å². The third-order valence-electron chi connectivity index (χ3n) is 3.89. The number of amides is 1. The van der Waals surface area contributed by atoms with Crippen LogP contribution in [-0.2, 0) is 4.79 Å². The van der Waals surface area contributed by atoms with Gasteiger partial charge in [0.2, 0.25) is 5.91 Å². The Kier molecular flexibility index (Phi) is 4.29. The van der Waals surface area contributed by atoms with E-state index in [0.29, 0.717) is 0 Å². The molecular weight excluding hydrogens is 284 g/mol. The first-order valence-electron chi connectivity index (χ1n) is 7.72. The topological polar surface area (TPSA) is 41.1 Å². The zero-order valence-corrected chi connectivity index (χ0v) is 13.4. The summed E-state index contributed by atoms with van der Waals surface area (Å²) in [7, 11) is 0. The standard InChI is InChI=1S/C20H20N2O/c1-14-10-11-18(15(2)12-14)22-20(23)13-21-19-9-5-7-16-6-3-4-8-17(16)19/h3-12,21H,13H2,1-2H3,(H,22,23). The van der Waals surface area contributed by atoms with Crippen LogP contribution in [0.2, 0.25) is 0 Å². The minimum atomic E-state index is -0.0510. The molecule has 2 N–H and O–H groups in total. The molecule has 0 radical (unpaired) electrons. The summed E-state index contributed by atoms with van der Waals surface area (Å²) >= 11 is 0. The van der Waals surface area contributed by atoms with Crippen molar-refractivity contribution in [2.24, 2.45) is 0 Å². The summed E-state index contributed by atoms with van der Waals surface area (Å²) in [6.45, 7) is 4.28. The Bertz CT molecular complexity index is 850. The van der Waals surface area contributed by atoms with E-state index >= 15 is 0 Å². The Labute approximate surface area is 136 Å². The number of hydrogen-bond acceptors (Lipinski definition) is 2. The van der Waals surface area contributed by atoms with Gasteiger partial charge in [-0.25, -0.2) is 0 Å². The van der Waals surface area contributed by atoms with Crippen LogP contribution >= 0.6 is 0 Å². The van der Waals surface area contributed by atoms with Crippen molar-refractivity contribution < 1.29 is 4.79 Å². The van der Waals surface area contributed by atoms with Crippen LogP contribution in [-0.4, -0.2) is 12.5 Å². The number of rotatable bonds is 4. The molecule has 0 aliphatic carbocycles. The smallest absolute Gasteiger partial charge is 0.243 e. The first kappa shape index (κ1) is 15.1. The van der Waals surface area contributed by atoms with Gasteiger partial charge in [0.25, 0.3) is 0 Å². The minimum absolute atomic E-state index is 0.0510. The van der Waals surface area contributed by atoms with E-state index in [1.807, 2.05) is 50.2 Å². The number of hydrogen-bond donors (Lipinski definition) is 2. The number of anilines is 2. The molecule has 0 bridgehead atoms. The van der Waals surface area contributed by atoms with Crippen LogP contribution in [0.4, 0.5) is 11.4 Å². The molecule has 1 amide bonds. The van der Waals surface area contributed by atoms with Gasteiger partial charge in [0.1, 0.15) is 0 Å². The molecule has 23 heavy (non-hydrogen) atoms. The van der Waals surface area contributed by atoms with E-state index in [1.165, 1.54) is 5.56 Å². The van der Waals surface area contributed by atoms with Gasteiger partial charge >= 0.3 is 0 Å². The first-order chi connectivity index (χ1) is 11.1. The van der Waals surface area contributed by atoms with E-state index in [-0.39, 0.29) is 12.5 Å². The zero-order chi connectivity index (χ0) is 16.2. The second kappa shape index (κ2) is 6.53. The fourth-order valence-corrected chi connectivity index (χ4v) is 2.70. The van der Waals surface area contributed by atoms with Gasteiger partial charge < -0.3 is 10.6 Å². The number of aryl methyl sites for hydroxylation is 2. The summed E-state index contributed by atoms with van der Waals surface area (Å²) in [6.07, 6.45) is 0. The van der Waals surface area contributed by atoms with Gasteiger partial charge in [-0.15, -0.1) is 0 Å². The maximum atomic E-state index is 12.2. The van der Waals surface area contributed by atoms with Gasteiger partial charge in [0.05, 0.1) is 6.54 Å². The Hall–Kier alpha value is -2.81. The van der Waals surface area contributed by atoms with Crippen LogP contribution in [0.1, 0.15) is 11.1 Å². The highest BCUT2D eigenvalue weighted by Gasteiger charge is 2.06. The number of fused-ring (bicyclic) bond motifs is 1. The Morgan fingerprint density at radius 3 is 2.52 bits per heavy atom. The van der Waals surface area contributed by atoms with Gasteiger partial charge in [0.15, 0.2) is 0 Å². The van der Waals surface area contributed by atoms with E-state index in [4.69, 9.17) is 0 Å². The molecule has 0 saturated heterocycles. The van der Waals surface area contributed by atoms with E-state index in [9.17, 15) is 4.79 Å². The first-order valence-corrected chi connectivity index (χ1v) is 7.72. The van der Waals surface area contributed by atoms with Gasteiger partial charge in [0, 0.05) is 16.8 Å². The summed E-state index contributed by atoms with van der Waals surface area (Å²) < 4.78 is 0. The van der Waals surface area contributed by atoms with Crippen molar-refractivity contribution in [1.82, 2.24) is 0 Å². The second-order valence-corrected chi connectivity index (χ2v) is 5.75. The summed E-state index contributed by atoms with van der Waals surface area (Å²) in [4.78, 5) is 12.2. The van der Waals surface area contributed by atoms with Crippen LogP contribution in [0.5, 0.6) is 0 Å². The molecule has 3 aromatic carbocycles. The molecular formula is C20H20N2O. The average Bonchev–Trinajstić information content (AvgIpc) is 2.55. The van der Waals surface area contributed by atoms with Gasteiger partial charge in [-0.1, -0.05) is 54.1 Å². The molecule has 3 rings (SSSR count). The van der Waals surface area contributed by atoms with E-state index in [2.05, 4.69) is 34.9 Å². The molecule has 0 fully saturated rings. The molecule has 0 saturated carbocycles. The maximum Gasteiger partial charge on any atom is 0.243 e. The molecule has 3 aromatic rings. The number of nitrogens with one attached hydrogen (secondary N) is 2. The average molecular weight is 304 g/mol. The summed E-state index contributed by atoms with van der Waals surface area (Å²) in [5, 5.41) is 8.46. The quantitative estimate of drug-likeness (QED) is 0.744. The normalized spacial score (nSPS) is 10.5. The van der Waals surface area contributed by atoms with Gasteiger partial charge in [-0.3, -0.25) is 4.79 Å². The fraction of sp³-hybridized carbons (Fsp3) is 0.150. The van der Waals surface area contributed by atoms with Crippen molar-refractivity contribution in [2.45, 2.75) is 13.8 Å². The largest absolute Gasteiger partial charge is 0.376 e. The molecule has 3 heteroatoms. The third kappa shape index (κ3) is 3.51. The predicted molar refractivity (Wildman–Crippen MR) is 97.0 cm³/mol. The van der Waals surface area contributed by atoms with E-state index < -0.39 is 0 Å². The van der Waals surface area contributed by atoms with Gasteiger partial charge in [-0.05, 0) is 36.9 Å². The van der Waals surface area contributed by atoms with Crippen molar-refractivity contribution in [1.29, 1.82) is 0 Å². The molecule has 0 atom stereocenters. The van der Waals surface area contributed by atoms with E-state index in [1.54, 1.807) is 0 Å².